The fraction of sp³-hybridized carbons (Fsp3) is 0.696. The molecule has 0 radical (unpaired) electrons. The molecule has 1 N–H and O–H groups in total. The largest absolute Gasteiger partial charge is 0.497 e. The van der Waals surface area contributed by atoms with E-state index in [0.717, 1.165) is 80.8 Å². The Bertz CT molecular complexity index is 672. The molecule has 2 saturated heterocycles. The molecule has 0 saturated carbocycles. The smallest absolute Gasteiger partial charge is 0.193 e. The summed E-state index contributed by atoms with van der Waals surface area (Å²) in [6.07, 6.45) is 7.06. The summed E-state index contributed by atoms with van der Waals surface area (Å²) in [4.78, 5) is 7.18. The van der Waals surface area contributed by atoms with Crippen LogP contribution in [0.3, 0.4) is 0 Å². The number of methoxy groups -OCH3 is 1. The summed E-state index contributed by atoms with van der Waals surface area (Å²) >= 11 is 6.36. The van der Waals surface area contributed by atoms with Crippen molar-refractivity contribution in [1.29, 1.82) is 0 Å². The van der Waals surface area contributed by atoms with Crippen LogP contribution < -0.4 is 10.1 Å². The maximum atomic E-state index is 6.36. The molecule has 168 valence electrons. The Balaban J connectivity index is 1.45. The Kier molecular flexibility index (Phi) is 9.56. The number of nitrogens with zero attached hydrogens (tertiary/aromatic N) is 2. The van der Waals surface area contributed by atoms with E-state index in [1.165, 1.54) is 12.8 Å². The minimum Gasteiger partial charge on any atom is -0.497 e. The summed E-state index contributed by atoms with van der Waals surface area (Å²) in [6.45, 7) is 7.21. The molecule has 0 spiro atoms. The predicted molar refractivity (Wildman–Crippen MR) is 122 cm³/mol. The number of hydrogen-bond donors (Lipinski definition) is 1. The van der Waals surface area contributed by atoms with E-state index >= 15 is 0 Å². The Morgan fingerprint density at radius 3 is 2.77 bits per heavy atom. The number of nitrogens with one attached hydrogen (secondary N) is 1. The van der Waals surface area contributed by atoms with Gasteiger partial charge in [0.05, 0.1) is 25.9 Å². The third-order valence-electron chi connectivity index (χ3n) is 5.77. The lowest BCUT2D eigenvalue weighted by Gasteiger charge is -2.35. The van der Waals surface area contributed by atoms with E-state index in [-0.39, 0.29) is 0 Å². The number of ether oxygens (including phenoxy) is 3. The zero-order chi connectivity index (χ0) is 21.2. The lowest BCUT2D eigenvalue weighted by Crippen LogP contribution is -2.47. The monoisotopic (exact) mass is 437 g/mol. The van der Waals surface area contributed by atoms with Crippen molar-refractivity contribution in [3.8, 4) is 5.75 Å². The molecule has 1 aromatic rings. The second-order valence-electron chi connectivity index (χ2n) is 7.95. The standard InChI is InChI=1S/C23H36ClN3O3/c1-3-25-23(26-12-9-18-7-8-20(28-2)16-22(18)24)27-13-10-19(11-14-27)30-17-21-6-4-5-15-29-21/h7-8,16,19,21H,3-6,9-15,17H2,1-2H3,(H,25,26). The molecule has 2 heterocycles. The van der Waals surface area contributed by atoms with Gasteiger partial charge in [-0.1, -0.05) is 17.7 Å². The molecule has 3 rings (SSSR count). The molecule has 6 nitrogen and oxygen atoms in total. The molecular weight excluding hydrogens is 402 g/mol. The summed E-state index contributed by atoms with van der Waals surface area (Å²) in [5.41, 5.74) is 1.09. The first-order valence-electron chi connectivity index (χ1n) is 11.3. The minimum atomic E-state index is 0.292. The molecule has 30 heavy (non-hydrogen) atoms. The molecule has 2 aliphatic rings. The molecule has 7 heteroatoms. The number of halogens is 1. The van der Waals surface area contributed by atoms with E-state index in [4.69, 9.17) is 30.8 Å². The van der Waals surface area contributed by atoms with E-state index in [2.05, 4.69) is 17.1 Å². The molecular formula is C23H36ClN3O3. The van der Waals surface area contributed by atoms with Crippen LogP contribution in [0.1, 0.15) is 44.6 Å². The van der Waals surface area contributed by atoms with E-state index in [9.17, 15) is 0 Å². The third kappa shape index (κ3) is 7.03. The van der Waals surface area contributed by atoms with Gasteiger partial charge >= 0.3 is 0 Å². The number of hydrogen-bond acceptors (Lipinski definition) is 4. The van der Waals surface area contributed by atoms with Crippen molar-refractivity contribution in [2.24, 2.45) is 4.99 Å². The Morgan fingerprint density at radius 2 is 2.10 bits per heavy atom. The Labute approximate surface area is 185 Å². The molecule has 0 amide bonds. The highest BCUT2D eigenvalue weighted by Gasteiger charge is 2.23. The predicted octanol–water partition coefficient (Wildman–Crippen LogP) is 3.91. The van der Waals surface area contributed by atoms with Crippen LogP contribution in [0, 0.1) is 0 Å². The van der Waals surface area contributed by atoms with Gasteiger partial charge in [0.2, 0.25) is 0 Å². The number of piperidine rings is 1. The van der Waals surface area contributed by atoms with Crippen LogP contribution in [-0.2, 0) is 15.9 Å². The normalized spacial score (nSPS) is 21.0. The number of rotatable bonds is 8. The van der Waals surface area contributed by atoms with Gasteiger partial charge in [-0.05, 0) is 63.1 Å². The summed E-state index contributed by atoms with van der Waals surface area (Å²) in [5.74, 6) is 1.76. The van der Waals surface area contributed by atoms with Crippen LogP contribution in [0.25, 0.3) is 0 Å². The molecule has 1 aromatic carbocycles. The second-order valence-corrected chi connectivity index (χ2v) is 8.36. The molecule has 0 aromatic heterocycles. The van der Waals surface area contributed by atoms with Crippen molar-refractivity contribution in [2.75, 3.05) is 46.5 Å². The molecule has 0 bridgehead atoms. The topological polar surface area (TPSA) is 55.3 Å². The van der Waals surface area contributed by atoms with Gasteiger partial charge in [-0.25, -0.2) is 0 Å². The van der Waals surface area contributed by atoms with Gasteiger partial charge in [0.1, 0.15) is 5.75 Å². The van der Waals surface area contributed by atoms with Crippen LogP contribution in [0.2, 0.25) is 5.02 Å². The van der Waals surface area contributed by atoms with Gasteiger partial charge in [0.15, 0.2) is 5.96 Å². The van der Waals surface area contributed by atoms with Crippen molar-refractivity contribution in [1.82, 2.24) is 10.2 Å². The van der Waals surface area contributed by atoms with Gasteiger partial charge in [-0.15, -0.1) is 0 Å². The summed E-state index contributed by atoms with van der Waals surface area (Å²) in [7, 11) is 1.65. The van der Waals surface area contributed by atoms with Crippen molar-refractivity contribution >= 4 is 17.6 Å². The number of guanidine groups is 1. The van der Waals surface area contributed by atoms with E-state index in [1.807, 2.05) is 18.2 Å². The van der Waals surface area contributed by atoms with Crippen molar-refractivity contribution < 1.29 is 14.2 Å². The van der Waals surface area contributed by atoms with Gasteiger partial charge < -0.3 is 24.4 Å². The van der Waals surface area contributed by atoms with Crippen molar-refractivity contribution in [2.45, 2.75) is 57.7 Å². The number of aliphatic imine (C=N–C) groups is 1. The van der Waals surface area contributed by atoms with Gasteiger partial charge in [0.25, 0.3) is 0 Å². The van der Waals surface area contributed by atoms with E-state index < -0.39 is 0 Å². The molecule has 1 atom stereocenters. The fourth-order valence-electron chi connectivity index (χ4n) is 3.98. The minimum absolute atomic E-state index is 0.292. The van der Waals surface area contributed by atoms with Crippen molar-refractivity contribution in [3.63, 3.8) is 0 Å². The summed E-state index contributed by atoms with van der Waals surface area (Å²) in [6, 6.07) is 5.82. The lowest BCUT2D eigenvalue weighted by atomic mass is 10.1. The van der Waals surface area contributed by atoms with Crippen LogP contribution in [0.4, 0.5) is 0 Å². The first kappa shape index (κ1) is 23.2. The third-order valence-corrected chi connectivity index (χ3v) is 6.12. The highest BCUT2D eigenvalue weighted by atomic mass is 35.5. The fourth-order valence-corrected chi connectivity index (χ4v) is 4.25. The molecule has 2 fully saturated rings. The number of benzene rings is 1. The number of likely N-dealkylation sites (tertiary alicyclic amines) is 1. The average Bonchev–Trinajstić information content (AvgIpc) is 2.79. The van der Waals surface area contributed by atoms with Gasteiger partial charge in [0, 0.05) is 37.8 Å². The Hall–Kier alpha value is -1.50. The van der Waals surface area contributed by atoms with E-state index in [0.29, 0.717) is 18.8 Å². The van der Waals surface area contributed by atoms with Crippen LogP contribution in [0.15, 0.2) is 23.2 Å². The maximum absolute atomic E-state index is 6.36. The van der Waals surface area contributed by atoms with Crippen LogP contribution >= 0.6 is 11.6 Å². The zero-order valence-electron chi connectivity index (χ0n) is 18.4. The first-order valence-corrected chi connectivity index (χ1v) is 11.7. The summed E-state index contributed by atoms with van der Waals surface area (Å²) in [5, 5.41) is 4.16. The Morgan fingerprint density at radius 1 is 1.27 bits per heavy atom. The lowest BCUT2D eigenvalue weighted by molar-refractivity contribution is -0.0721. The first-order chi connectivity index (χ1) is 14.7. The van der Waals surface area contributed by atoms with Crippen molar-refractivity contribution in [3.05, 3.63) is 28.8 Å². The average molecular weight is 438 g/mol. The highest BCUT2D eigenvalue weighted by molar-refractivity contribution is 6.31. The van der Waals surface area contributed by atoms with Gasteiger partial charge in [-0.3, -0.25) is 4.99 Å². The maximum Gasteiger partial charge on any atom is 0.193 e. The van der Waals surface area contributed by atoms with Crippen LogP contribution in [0.5, 0.6) is 5.75 Å². The SMILES string of the molecule is CCNC(=NCCc1ccc(OC)cc1Cl)N1CCC(OCC2CCCCO2)CC1. The molecule has 1 unspecified atom stereocenters. The quantitative estimate of drug-likeness (QED) is 0.493. The second kappa shape index (κ2) is 12.4. The molecule has 0 aliphatic carbocycles. The van der Waals surface area contributed by atoms with Gasteiger partial charge in [-0.2, -0.15) is 0 Å². The highest BCUT2D eigenvalue weighted by Crippen LogP contribution is 2.23. The molecule has 2 aliphatic heterocycles. The zero-order valence-corrected chi connectivity index (χ0v) is 19.1. The van der Waals surface area contributed by atoms with E-state index in [1.54, 1.807) is 7.11 Å². The summed E-state index contributed by atoms with van der Waals surface area (Å²) < 4.78 is 17.1. The van der Waals surface area contributed by atoms with Crippen LogP contribution in [-0.4, -0.2) is 69.6 Å².